The van der Waals surface area contributed by atoms with E-state index in [0.717, 1.165) is 16.6 Å². The Balaban J connectivity index is 1.63. The van der Waals surface area contributed by atoms with Crippen LogP contribution in [0.3, 0.4) is 0 Å². The average Bonchev–Trinajstić information content (AvgIpc) is 3.33. The number of nitrogen functional groups attached to an aromatic ring is 1. The number of fused-ring (bicyclic) bond motifs is 2. The van der Waals surface area contributed by atoms with Gasteiger partial charge in [0.2, 0.25) is 0 Å². The summed E-state index contributed by atoms with van der Waals surface area (Å²) in [5.74, 6) is 1.46. The van der Waals surface area contributed by atoms with Gasteiger partial charge < -0.3 is 10.3 Å². The Bertz CT molecular complexity index is 1270. The summed E-state index contributed by atoms with van der Waals surface area (Å²) in [4.78, 5) is 17.5. The number of imidazole rings is 1. The van der Waals surface area contributed by atoms with Gasteiger partial charge in [-0.2, -0.15) is 5.10 Å². The third-order valence-electron chi connectivity index (χ3n) is 4.43. The zero-order valence-electron chi connectivity index (χ0n) is 14.3. The van der Waals surface area contributed by atoms with Gasteiger partial charge in [-0.3, -0.25) is 4.98 Å². The number of nitrogens with two attached hydrogens (primary N) is 1. The topological polar surface area (TPSA) is 99.8 Å². The third-order valence-corrected chi connectivity index (χ3v) is 5.08. The standard InChI is InChI=1S/C18H12Cl2N8/c19-13-6-22-7-14(20)12(13)8-27-9-23-16(21)15-18(27)26-17(25-15)10-2-4-28-11(5-10)1-3-24-28/h1-7,9H,8,21H2. The van der Waals surface area contributed by atoms with Crippen molar-refractivity contribution in [3.8, 4) is 22.9 Å². The summed E-state index contributed by atoms with van der Waals surface area (Å²) in [7, 11) is 0. The second-order valence-corrected chi connectivity index (χ2v) is 6.99. The van der Waals surface area contributed by atoms with Gasteiger partial charge in [-0.25, -0.2) is 19.5 Å². The number of halogens is 2. The van der Waals surface area contributed by atoms with Gasteiger partial charge >= 0.3 is 0 Å². The van der Waals surface area contributed by atoms with Crippen molar-refractivity contribution in [3.05, 3.63) is 64.9 Å². The molecule has 0 radical (unpaired) electrons. The summed E-state index contributed by atoms with van der Waals surface area (Å²) in [5, 5.41) is 5.14. The van der Waals surface area contributed by atoms with E-state index in [2.05, 4.69) is 20.1 Å². The molecular formula is C18H12Cl2N8. The Hall–Kier alpha value is -3.23. The lowest BCUT2D eigenvalue weighted by Crippen LogP contribution is -2.10. The van der Waals surface area contributed by atoms with Crippen LogP contribution in [0.25, 0.3) is 28.4 Å². The molecule has 2 aliphatic heterocycles. The highest BCUT2D eigenvalue weighted by molar-refractivity contribution is 6.35. The molecule has 28 heavy (non-hydrogen) atoms. The predicted octanol–water partition coefficient (Wildman–Crippen LogP) is 3.42. The van der Waals surface area contributed by atoms with E-state index in [-0.39, 0.29) is 0 Å². The third kappa shape index (κ3) is 2.74. The van der Waals surface area contributed by atoms with E-state index in [4.69, 9.17) is 33.9 Å². The second-order valence-electron chi connectivity index (χ2n) is 6.17. The molecule has 10 heteroatoms. The summed E-state index contributed by atoms with van der Waals surface area (Å²) < 4.78 is 3.59. The molecule has 3 aromatic rings. The summed E-state index contributed by atoms with van der Waals surface area (Å²) in [5.41, 5.74) is 9.09. The molecule has 2 N–H and O–H groups in total. The molecule has 0 spiro atoms. The fourth-order valence-electron chi connectivity index (χ4n) is 3.02. The van der Waals surface area contributed by atoms with Crippen LogP contribution in [0.4, 0.5) is 5.82 Å². The fourth-order valence-corrected chi connectivity index (χ4v) is 3.50. The lowest BCUT2D eigenvalue weighted by Gasteiger charge is -2.13. The number of hydrogen-bond donors (Lipinski definition) is 1. The van der Waals surface area contributed by atoms with Crippen LogP contribution in [0.5, 0.6) is 0 Å². The molecule has 0 amide bonds. The van der Waals surface area contributed by atoms with Gasteiger partial charge in [0.05, 0.1) is 28.4 Å². The van der Waals surface area contributed by atoms with Crippen molar-refractivity contribution in [1.82, 2.24) is 34.1 Å². The van der Waals surface area contributed by atoms with Crippen molar-refractivity contribution >= 4 is 34.5 Å². The minimum Gasteiger partial charge on any atom is -0.382 e. The Morgan fingerprint density at radius 2 is 1.89 bits per heavy atom. The summed E-state index contributed by atoms with van der Waals surface area (Å²) >= 11 is 12.5. The normalized spacial score (nSPS) is 11.5. The van der Waals surface area contributed by atoms with E-state index in [0.29, 0.717) is 39.8 Å². The largest absolute Gasteiger partial charge is 0.382 e. The minimum absolute atomic E-state index is 0.308. The highest BCUT2D eigenvalue weighted by Crippen LogP contribution is 2.31. The quantitative estimate of drug-likeness (QED) is 0.488. The van der Waals surface area contributed by atoms with E-state index in [1.807, 2.05) is 29.0 Å². The van der Waals surface area contributed by atoms with E-state index >= 15 is 0 Å². The van der Waals surface area contributed by atoms with Gasteiger partial charge in [0.15, 0.2) is 23.2 Å². The highest BCUT2D eigenvalue weighted by Gasteiger charge is 2.21. The van der Waals surface area contributed by atoms with Crippen LogP contribution in [-0.2, 0) is 6.54 Å². The van der Waals surface area contributed by atoms with Gasteiger partial charge in [-0.05, 0) is 18.2 Å². The molecule has 0 saturated heterocycles. The maximum atomic E-state index is 6.26. The fraction of sp³-hybridized carbons (Fsp3) is 0.0556. The van der Waals surface area contributed by atoms with Gasteiger partial charge in [0, 0.05) is 35.9 Å². The number of anilines is 1. The average molecular weight is 411 g/mol. The van der Waals surface area contributed by atoms with Crippen molar-refractivity contribution < 1.29 is 0 Å². The number of hydrogen-bond acceptors (Lipinski definition) is 6. The van der Waals surface area contributed by atoms with Crippen LogP contribution in [0.15, 0.2) is 49.3 Å². The first kappa shape index (κ1) is 16.9. The Morgan fingerprint density at radius 1 is 1.07 bits per heavy atom. The Morgan fingerprint density at radius 3 is 2.71 bits per heavy atom. The molecule has 0 bridgehead atoms. The minimum atomic E-state index is 0.308. The summed E-state index contributed by atoms with van der Waals surface area (Å²) in [6.07, 6.45) is 8.29. The number of aromatic nitrogens is 7. The van der Waals surface area contributed by atoms with Crippen LogP contribution >= 0.6 is 23.2 Å². The summed E-state index contributed by atoms with van der Waals surface area (Å²) in [6, 6.07) is 5.78. The zero-order chi connectivity index (χ0) is 19.3. The van der Waals surface area contributed by atoms with E-state index in [9.17, 15) is 0 Å². The molecule has 8 nitrogen and oxygen atoms in total. The smallest absolute Gasteiger partial charge is 0.166 e. The SMILES string of the molecule is Nc1ncn(Cc2c(Cl)cncc2Cl)c2nc(-c3ccn4nccc4c3)nc1-2. The van der Waals surface area contributed by atoms with Gasteiger partial charge in [0.25, 0.3) is 0 Å². The molecule has 0 fully saturated rings. The second kappa shape index (κ2) is 6.43. The van der Waals surface area contributed by atoms with Crippen LogP contribution in [0.2, 0.25) is 10.0 Å². The monoisotopic (exact) mass is 410 g/mol. The van der Waals surface area contributed by atoms with Crippen molar-refractivity contribution in [2.75, 3.05) is 5.73 Å². The Kier molecular flexibility index (Phi) is 3.88. The molecular weight excluding hydrogens is 399 g/mol. The molecule has 0 saturated carbocycles. The molecule has 0 unspecified atom stereocenters. The predicted molar refractivity (Wildman–Crippen MR) is 106 cm³/mol. The first-order valence-corrected chi connectivity index (χ1v) is 9.06. The van der Waals surface area contributed by atoms with Crippen LogP contribution in [0, 0.1) is 0 Å². The van der Waals surface area contributed by atoms with Crippen molar-refractivity contribution in [1.29, 1.82) is 0 Å². The van der Waals surface area contributed by atoms with E-state index in [1.165, 1.54) is 0 Å². The van der Waals surface area contributed by atoms with Gasteiger partial charge in [-0.15, -0.1) is 0 Å². The maximum Gasteiger partial charge on any atom is 0.166 e. The number of nitrogens with zero attached hydrogens (tertiary/aromatic N) is 7. The molecule has 5 heterocycles. The first-order valence-electron chi connectivity index (χ1n) is 8.30. The molecule has 0 aliphatic carbocycles. The molecule has 0 atom stereocenters. The zero-order valence-corrected chi connectivity index (χ0v) is 15.8. The van der Waals surface area contributed by atoms with Crippen LogP contribution in [0.1, 0.15) is 5.56 Å². The molecule has 138 valence electrons. The van der Waals surface area contributed by atoms with Crippen LogP contribution in [-0.4, -0.2) is 34.1 Å². The molecule has 3 aromatic heterocycles. The lowest BCUT2D eigenvalue weighted by atomic mass is 10.2. The van der Waals surface area contributed by atoms with E-state index in [1.54, 1.807) is 29.4 Å². The number of pyridine rings is 2. The van der Waals surface area contributed by atoms with E-state index < -0.39 is 0 Å². The Labute approximate surface area is 168 Å². The van der Waals surface area contributed by atoms with Crippen molar-refractivity contribution in [3.63, 3.8) is 0 Å². The molecule has 5 rings (SSSR count). The highest BCUT2D eigenvalue weighted by atomic mass is 35.5. The van der Waals surface area contributed by atoms with Crippen LogP contribution < -0.4 is 5.73 Å². The maximum absolute atomic E-state index is 6.26. The van der Waals surface area contributed by atoms with Gasteiger partial charge in [-0.1, -0.05) is 23.2 Å². The van der Waals surface area contributed by atoms with Crippen molar-refractivity contribution in [2.45, 2.75) is 6.54 Å². The molecule has 0 aromatic carbocycles. The number of rotatable bonds is 3. The molecule has 2 aliphatic rings. The van der Waals surface area contributed by atoms with Crippen molar-refractivity contribution in [2.24, 2.45) is 0 Å². The summed E-state index contributed by atoms with van der Waals surface area (Å²) in [6.45, 7) is 0.365. The van der Waals surface area contributed by atoms with Gasteiger partial charge in [0.1, 0.15) is 0 Å². The first-order chi connectivity index (χ1) is 13.6. The lowest BCUT2D eigenvalue weighted by molar-refractivity contribution is 0.762.